The van der Waals surface area contributed by atoms with Crippen LogP contribution in [-0.2, 0) is 4.74 Å². The van der Waals surface area contributed by atoms with E-state index in [0.29, 0.717) is 13.2 Å². The van der Waals surface area contributed by atoms with Crippen molar-refractivity contribution in [3.05, 3.63) is 12.7 Å². The van der Waals surface area contributed by atoms with Gasteiger partial charge in [-0.1, -0.05) is 0 Å². The molecule has 2 heterocycles. The van der Waals surface area contributed by atoms with E-state index in [4.69, 9.17) is 10.5 Å². The van der Waals surface area contributed by atoms with Crippen LogP contribution >= 0.6 is 24.8 Å². The average molecular weight is 227 g/mol. The monoisotopic (exact) mass is 226 g/mol. The smallest absolute Gasteiger partial charge is 0.119 e. The fourth-order valence-corrected chi connectivity index (χ4v) is 1.25. The van der Waals surface area contributed by atoms with Crippen LogP contribution in [0.1, 0.15) is 6.04 Å². The van der Waals surface area contributed by atoms with Crippen molar-refractivity contribution in [1.82, 2.24) is 14.8 Å². The van der Waals surface area contributed by atoms with Gasteiger partial charge in [0.15, 0.2) is 0 Å². The van der Waals surface area contributed by atoms with Crippen molar-refractivity contribution < 1.29 is 4.74 Å². The molecule has 1 aromatic rings. The zero-order valence-corrected chi connectivity index (χ0v) is 8.50. The summed E-state index contributed by atoms with van der Waals surface area (Å²) in [5.74, 6) is 0. The number of nitrogens with two attached hydrogens (primary N) is 1. The summed E-state index contributed by atoms with van der Waals surface area (Å²) in [5.41, 5.74) is 5.77. The second-order valence-corrected chi connectivity index (χ2v) is 2.68. The summed E-state index contributed by atoms with van der Waals surface area (Å²) >= 11 is 0. The van der Waals surface area contributed by atoms with E-state index >= 15 is 0 Å². The first-order valence-corrected chi connectivity index (χ1v) is 3.55. The maximum Gasteiger partial charge on any atom is 0.119 e. The normalized spacial score (nSPS) is 26.2. The standard InChI is InChI=1S/C6H10N4O.2ClH/c7-5-1-11-2-6(5)10-3-8-9-4-10;;/h3-6H,1-2,7H2;2*1H/t5-,6+;;/m1../s1. The molecule has 0 bridgehead atoms. The highest BCUT2D eigenvalue weighted by atomic mass is 35.5. The fraction of sp³-hybridized carbons (Fsp3) is 0.667. The predicted molar refractivity (Wildman–Crippen MR) is 52.3 cm³/mol. The van der Waals surface area contributed by atoms with Crippen LogP contribution in [0.4, 0.5) is 0 Å². The maximum atomic E-state index is 5.77. The molecule has 1 saturated heterocycles. The van der Waals surface area contributed by atoms with Gasteiger partial charge in [0.25, 0.3) is 0 Å². The molecule has 76 valence electrons. The van der Waals surface area contributed by atoms with Crippen LogP contribution in [0.25, 0.3) is 0 Å². The summed E-state index contributed by atoms with van der Waals surface area (Å²) < 4.78 is 7.08. The number of rotatable bonds is 1. The van der Waals surface area contributed by atoms with Crippen LogP contribution in [-0.4, -0.2) is 34.0 Å². The van der Waals surface area contributed by atoms with Gasteiger partial charge >= 0.3 is 0 Å². The van der Waals surface area contributed by atoms with Crippen molar-refractivity contribution in [2.75, 3.05) is 13.2 Å². The number of nitrogens with zero attached hydrogens (tertiary/aromatic N) is 3. The molecule has 7 heteroatoms. The molecule has 0 radical (unpaired) electrons. The predicted octanol–water partition coefficient (Wildman–Crippen LogP) is 0.0203. The van der Waals surface area contributed by atoms with Gasteiger partial charge in [0.05, 0.1) is 25.3 Å². The summed E-state index contributed by atoms with van der Waals surface area (Å²) in [7, 11) is 0. The second-order valence-electron chi connectivity index (χ2n) is 2.68. The number of ether oxygens (including phenoxy) is 1. The Bertz CT molecular complexity index is 231. The second kappa shape index (κ2) is 5.39. The van der Waals surface area contributed by atoms with Gasteiger partial charge in [-0.3, -0.25) is 0 Å². The molecule has 0 amide bonds. The molecule has 2 N–H and O–H groups in total. The molecule has 1 aromatic heterocycles. The lowest BCUT2D eigenvalue weighted by Crippen LogP contribution is -2.30. The number of halogens is 2. The third-order valence-corrected chi connectivity index (χ3v) is 1.91. The van der Waals surface area contributed by atoms with Crippen LogP contribution in [0, 0.1) is 0 Å². The first kappa shape index (κ1) is 12.6. The minimum Gasteiger partial charge on any atom is -0.378 e. The van der Waals surface area contributed by atoms with Crippen molar-refractivity contribution in [2.24, 2.45) is 5.73 Å². The topological polar surface area (TPSA) is 66.0 Å². The van der Waals surface area contributed by atoms with E-state index in [1.807, 2.05) is 4.57 Å². The Morgan fingerprint density at radius 1 is 1.23 bits per heavy atom. The fourth-order valence-electron chi connectivity index (χ4n) is 1.25. The summed E-state index contributed by atoms with van der Waals surface area (Å²) in [6, 6.07) is 0.288. The molecule has 0 unspecified atom stereocenters. The lowest BCUT2D eigenvalue weighted by molar-refractivity contribution is 0.185. The Kier molecular flexibility index (Phi) is 5.24. The van der Waals surface area contributed by atoms with E-state index in [9.17, 15) is 0 Å². The molecule has 0 spiro atoms. The van der Waals surface area contributed by atoms with Gasteiger partial charge in [0.2, 0.25) is 0 Å². The Hall–Kier alpha value is -0.360. The zero-order chi connectivity index (χ0) is 7.68. The van der Waals surface area contributed by atoms with Gasteiger partial charge in [-0.05, 0) is 0 Å². The van der Waals surface area contributed by atoms with Crippen LogP contribution in [0.15, 0.2) is 12.7 Å². The first-order valence-electron chi connectivity index (χ1n) is 3.55. The Labute approximate surface area is 88.5 Å². The molecular weight excluding hydrogens is 215 g/mol. The minimum absolute atomic E-state index is 0. The minimum atomic E-state index is 0. The summed E-state index contributed by atoms with van der Waals surface area (Å²) in [5, 5.41) is 7.41. The van der Waals surface area contributed by atoms with Gasteiger partial charge in [-0.15, -0.1) is 35.0 Å². The van der Waals surface area contributed by atoms with Crippen molar-refractivity contribution in [3.8, 4) is 0 Å². The van der Waals surface area contributed by atoms with Crippen LogP contribution in [0.2, 0.25) is 0 Å². The van der Waals surface area contributed by atoms with E-state index < -0.39 is 0 Å². The summed E-state index contributed by atoms with van der Waals surface area (Å²) in [6.07, 6.45) is 3.33. The van der Waals surface area contributed by atoms with E-state index in [1.54, 1.807) is 12.7 Å². The highest BCUT2D eigenvalue weighted by Crippen LogP contribution is 2.16. The number of hydrogen-bond acceptors (Lipinski definition) is 4. The van der Waals surface area contributed by atoms with Gasteiger partial charge < -0.3 is 15.0 Å². The summed E-state index contributed by atoms with van der Waals surface area (Å²) in [6.45, 7) is 1.29. The molecule has 0 saturated carbocycles. The maximum absolute atomic E-state index is 5.77. The molecule has 0 aliphatic carbocycles. The van der Waals surface area contributed by atoms with Crippen LogP contribution in [0.3, 0.4) is 0 Å². The van der Waals surface area contributed by atoms with Gasteiger partial charge in [-0.25, -0.2) is 0 Å². The zero-order valence-electron chi connectivity index (χ0n) is 6.87. The SMILES string of the molecule is Cl.Cl.N[C@@H]1COC[C@@H]1n1cnnc1. The highest BCUT2D eigenvalue weighted by Gasteiger charge is 2.25. The van der Waals surface area contributed by atoms with E-state index in [0.717, 1.165) is 0 Å². The van der Waals surface area contributed by atoms with E-state index in [-0.39, 0.29) is 36.9 Å². The van der Waals surface area contributed by atoms with Crippen LogP contribution in [0.5, 0.6) is 0 Å². The molecule has 0 aromatic carbocycles. The Morgan fingerprint density at radius 3 is 2.31 bits per heavy atom. The molecule has 2 rings (SSSR count). The molecular formula is C6H12Cl2N4O. The van der Waals surface area contributed by atoms with E-state index in [1.165, 1.54) is 0 Å². The van der Waals surface area contributed by atoms with Crippen LogP contribution < -0.4 is 5.73 Å². The quantitative estimate of drug-likeness (QED) is 0.734. The molecule has 5 nitrogen and oxygen atoms in total. The molecule has 13 heavy (non-hydrogen) atoms. The third kappa shape index (κ3) is 2.54. The first-order chi connectivity index (χ1) is 5.38. The van der Waals surface area contributed by atoms with Crippen molar-refractivity contribution in [1.29, 1.82) is 0 Å². The molecule has 2 atom stereocenters. The number of hydrogen-bond donors (Lipinski definition) is 1. The lowest BCUT2D eigenvalue weighted by atomic mass is 10.2. The van der Waals surface area contributed by atoms with Gasteiger partial charge in [0, 0.05) is 0 Å². The third-order valence-electron chi connectivity index (χ3n) is 1.91. The summed E-state index contributed by atoms with van der Waals surface area (Å²) in [4.78, 5) is 0. The molecule has 1 aliphatic rings. The molecule has 1 fully saturated rings. The van der Waals surface area contributed by atoms with Crippen molar-refractivity contribution in [2.45, 2.75) is 12.1 Å². The van der Waals surface area contributed by atoms with Crippen molar-refractivity contribution >= 4 is 24.8 Å². The Balaban J connectivity index is 0.000000720. The lowest BCUT2D eigenvalue weighted by Gasteiger charge is -2.12. The Morgan fingerprint density at radius 2 is 1.85 bits per heavy atom. The highest BCUT2D eigenvalue weighted by molar-refractivity contribution is 5.85. The van der Waals surface area contributed by atoms with Crippen molar-refractivity contribution in [3.63, 3.8) is 0 Å². The van der Waals surface area contributed by atoms with Gasteiger partial charge in [-0.2, -0.15) is 0 Å². The average Bonchev–Trinajstić information content (AvgIpc) is 2.55. The molecule has 1 aliphatic heterocycles. The largest absolute Gasteiger partial charge is 0.378 e. The number of aromatic nitrogens is 3. The van der Waals surface area contributed by atoms with E-state index in [2.05, 4.69) is 10.2 Å². The van der Waals surface area contributed by atoms with Gasteiger partial charge in [0.1, 0.15) is 12.7 Å².